The fraction of sp³-hybridized carbons (Fsp3) is 0.370. The standard InChI is InChI=1S/C27H30N4O3S/c1-33-19-5-3-18(4-6-19)12-30-15-27(16-30)17-31(13-24-28-9-10-35-24)23(14-32)26-25(27)21-8-7-20(34-2)11-22(21)29-26/h3-11,23,29,32H,12-17H2,1-2H3/t23-/m0/s1. The van der Waals surface area contributed by atoms with E-state index in [0.29, 0.717) is 0 Å². The topological polar surface area (TPSA) is 73.9 Å². The number of aliphatic hydroxyl groups excluding tert-OH is 1. The molecule has 2 aromatic carbocycles. The van der Waals surface area contributed by atoms with E-state index in [4.69, 9.17) is 9.47 Å². The van der Waals surface area contributed by atoms with E-state index in [1.807, 2.05) is 29.8 Å². The minimum Gasteiger partial charge on any atom is -0.497 e. The third-order valence-electron chi connectivity index (χ3n) is 7.46. The lowest BCUT2D eigenvalue weighted by molar-refractivity contribution is -0.0119. The molecule has 1 fully saturated rings. The van der Waals surface area contributed by atoms with Gasteiger partial charge in [-0.05, 0) is 35.4 Å². The van der Waals surface area contributed by atoms with Crippen LogP contribution in [0.4, 0.5) is 0 Å². The number of H-pyrrole nitrogens is 1. The Hall–Kier alpha value is -2.91. The number of hydrogen-bond acceptors (Lipinski definition) is 7. The van der Waals surface area contributed by atoms with E-state index in [9.17, 15) is 5.11 Å². The van der Waals surface area contributed by atoms with Crippen LogP contribution in [0.5, 0.6) is 11.5 Å². The molecule has 0 saturated carbocycles. The van der Waals surface area contributed by atoms with Crippen molar-refractivity contribution in [3.63, 3.8) is 0 Å². The largest absolute Gasteiger partial charge is 0.497 e. The average molecular weight is 491 g/mol. The number of aromatic amines is 1. The number of ether oxygens (including phenoxy) is 2. The molecule has 0 aliphatic carbocycles. The first-order valence-corrected chi connectivity index (χ1v) is 12.8. The number of nitrogens with zero attached hydrogens (tertiary/aromatic N) is 3. The minimum absolute atomic E-state index is 0.00241. The van der Waals surface area contributed by atoms with Gasteiger partial charge in [-0.2, -0.15) is 0 Å². The molecule has 0 bridgehead atoms. The van der Waals surface area contributed by atoms with Gasteiger partial charge < -0.3 is 19.6 Å². The van der Waals surface area contributed by atoms with Crippen LogP contribution in [-0.2, 0) is 18.5 Å². The third kappa shape index (κ3) is 3.90. The van der Waals surface area contributed by atoms with Crippen LogP contribution < -0.4 is 9.47 Å². The van der Waals surface area contributed by atoms with Crippen molar-refractivity contribution in [3.8, 4) is 11.5 Å². The fourth-order valence-electron chi connectivity index (χ4n) is 5.95. The molecule has 8 heteroatoms. The summed E-state index contributed by atoms with van der Waals surface area (Å²) < 4.78 is 10.8. The second-order valence-corrected chi connectivity index (χ2v) is 10.6. The molecule has 1 saturated heterocycles. The van der Waals surface area contributed by atoms with Gasteiger partial charge in [0.25, 0.3) is 0 Å². The van der Waals surface area contributed by atoms with Gasteiger partial charge >= 0.3 is 0 Å². The average Bonchev–Trinajstić information content (AvgIpc) is 3.51. The van der Waals surface area contributed by atoms with Gasteiger partial charge in [0.15, 0.2) is 0 Å². The Morgan fingerprint density at radius 3 is 2.51 bits per heavy atom. The summed E-state index contributed by atoms with van der Waals surface area (Å²) in [5.41, 5.74) is 4.83. The van der Waals surface area contributed by atoms with Crippen molar-refractivity contribution in [1.29, 1.82) is 0 Å². The Kier molecular flexibility index (Phi) is 5.76. The molecule has 4 heterocycles. The number of methoxy groups -OCH3 is 2. The van der Waals surface area contributed by atoms with E-state index in [1.165, 1.54) is 16.5 Å². The molecular weight excluding hydrogens is 460 g/mol. The van der Waals surface area contributed by atoms with Crippen LogP contribution in [0.3, 0.4) is 0 Å². The van der Waals surface area contributed by atoms with Crippen molar-refractivity contribution in [1.82, 2.24) is 19.8 Å². The number of likely N-dealkylation sites (tertiary alicyclic amines) is 1. The van der Waals surface area contributed by atoms with Gasteiger partial charge in [0.2, 0.25) is 0 Å². The summed E-state index contributed by atoms with van der Waals surface area (Å²) in [6, 6.07) is 14.5. The van der Waals surface area contributed by atoms with E-state index < -0.39 is 0 Å². The molecule has 1 spiro atoms. The van der Waals surface area contributed by atoms with Crippen LogP contribution in [0.1, 0.15) is 27.9 Å². The van der Waals surface area contributed by atoms with E-state index in [2.05, 4.69) is 44.0 Å². The lowest BCUT2D eigenvalue weighted by Crippen LogP contribution is -2.65. The summed E-state index contributed by atoms with van der Waals surface area (Å²) in [5, 5.41) is 14.8. The van der Waals surface area contributed by atoms with Gasteiger partial charge in [0.1, 0.15) is 16.5 Å². The molecule has 182 valence electrons. The van der Waals surface area contributed by atoms with Crippen LogP contribution in [0.2, 0.25) is 0 Å². The van der Waals surface area contributed by atoms with Crippen LogP contribution in [-0.4, -0.2) is 65.3 Å². The Balaban J connectivity index is 1.35. The number of hydrogen-bond donors (Lipinski definition) is 2. The maximum absolute atomic E-state index is 10.5. The molecule has 2 aliphatic rings. The molecule has 1 atom stereocenters. The highest BCUT2D eigenvalue weighted by atomic mass is 32.1. The first kappa shape index (κ1) is 22.5. The van der Waals surface area contributed by atoms with E-state index in [0.717, 1.165) is 60.4 Å². The molecule has 2 aliphatic heterocycles. The molecule has 4 aromatic rings. The zero-order valence-electron chi connectivity index (χ0n) is 20.0. The number of nitrogens with one attached hydrogen (secondary N) is 1. The van der Waals surface area contributed by atoms with Crippen molar-refractivity contribution in [2.45, 2.75) is 24.5 Å². The Bertz CT molecular complexity index is 1310. The molecule has 2 aromatic heterocycles. The van der Waals surface area contributed by atoms with E-state index in [1.54, 1.807) is 25.6 Å². The minimum atomic E-state index is -0.0893. The maximum Gasteiger partial charge on any atom is 0.120 e. The summed E-state index contributed by atoms with van der Waals surface area (Å²) in [4.78, 5) is 13.1. The Labute approximate surface area is 208 Å². The van der Waals surface area contributed by atoms with Gasteiger partial charge in [-0.1, -0.05) is 12.1 Å². The predicted octanol–water partition coefficient (Wildman–Crippen LogP) is 3.94. The first-order valence-electron chi connectivity index (χ1n) is 11.9. The van der Waals surface area contributed by atoms with Gasteiger partial charge in [0, 0.05) is 65.8 Å². The fourth-order valence-corrected chi connectivity index (χ4v) is 6.59. The van der Waals surface area contributed by atoms with E-state index in [-0.39, 0.29) is 18.1 Å². The molecule has 7 nitrogen and oxygen atoms in total. The van der Waals surface area contributed by atoms with Crippen molar-refractivity contribution in [3.05, 3.63) is 75.9 Å². The molecule has 2 N–H and O–H groups in total. The van der Waals surface area contributed by atoms with Crippen LogP contribution >= 0.6 is 11.3 Å². The predicted molar refractivity (Wildman–Crippen MR) is 137 cm³/mol. The number of aromatic nitrogens is 2. The van der Waals surface area contributed by atoms with E-state index >= 15 is 0 Å². The van der Waals surface area contributed by atoms with Crippen molar-refractivity contribution < 1.29 is 14.6 Å². The SMILES string of the molecule is COc1ccc(CN2CC3(C2)CN(Cc2nccs2)[C@@H](CO)c2[nH]c4cc(OC)ccc4c23)cc1. The highest BCUT2D eigenvalue weighted by Gasteiger charge is 2.52. The zero-order chi connectivity index (χ0) is 24.0. The van der Waals surface area contributed by atoms with Crippen molar-refractivity contribution in [2.24, 2.45) is 0 Å². The number of benzene rings is 2. The number of rotatable bonds is 7. The summed E-state index contributed by atoms with van der Waals surface area (Å²) in [5.74, 6) is 1.72. The van der Waals surface area contributed by atoms with Crippen molar-refractivity contribution in [2.75, 3.05) is 40.5 Å². The zero-order valence-corrected chi connectivity index (χ0v) is 20.8. The summed E-state index contributed by atoms with van der Waals surface area (Å²) in [6.07, 6.45) is 1.86. The smallest absolute Gasteiger partial charge is 0.120 e. The Morgan fingerprint density at radius 2 is 1.83 bits per heavy atom. The number of thiazole rings is 1. The molecule has 0 radical (unpaired) electrons. The van der Waals surface area contributed by atoms with Crippen molar-refractivity contribution >= 4 is 22.2 Å². The normalized spacial score (nSPS) is 19.6. The van der Waals surface area contributed by atoms with Gasteiger partial charge in [-0.3, -0.25) is 9.80 Å². The van der Waals surface area contributed by atoms with Gasteiger partial charge in [-0.25, -0.2) is 4.98 Å². The van der Waals surface area contributed by atoms with Crippen LogP contribution in [0.15, 0.2) is 54.0 Å². The third-order valence-corrected chi connectivity index (χ3v) is 8.22. The van der Waals surface area contributed by atoms with Gasteiger partial charge in [0.05, 0.1) is 33.4 Å². The lowest BCUT2D eigenvalue weighted by Gasteiger charge is -2.56. The monoisotopic (exact) mass is 490 g/mol. The molecular formula is C27H30N4O3S. The van der Waals surface area contributed by atoms with Crippen LogP contribution in [0.25, 0.3) is 10.9 Å². The second kappa shape index (κ2) is 8.95. The van der Waals surface area contributed by atoms with Gasteiger partial charge in [-0.15, -0.1) is 11.3 Å². The summed E-state index contributed by atoms with van der Waals surface area (Å²) in [7, 11) is 3.39. The maximum atomic E-state index is 10.5. The number of fused-ring (bicyclic) bond motifs is 4. The molecule has 35 heavy (non-hydrogen) atoms. The van der Waals surface area contributed by atoms with Crippen LogP contribution in [0, 0.1) is 0 Å². The Morgan fingerprint density at radius 1 is 1.06 bits per heavy atom. The lowest BCUT2D eigenvalue weighted by atomic mass is 9.68. The molecule has 0 unspecified atom stereocenters. The highest BCUT2D eigenvalue weighted by Crippen LogP contribution is 2.49. The number of aliphatic hydroxyl groups is 1. The summed E-state index contributed by atoms with van der Waals surface area (Å²) in [6.45, 7) is 4.54. The molecule has 6 rings (SSSR count). The second-order valence-electron chi connectivity index (χ2n) is 9.63. The summed E-state index contributed by atoms with van der Waals surface area (Å²) >= 11 is 1.67. The molecule has 0 amide bonds. The first-order chi connectivity index (χ1) is 17.1. The quantitative estimate of drug-likeness (QED) is 0.409. The highest BCUT2D eigenvalue weighted by molar-refractivity contribution is 7.09.